The fourth-order valence-electron chi connectivity index (χ4n) is 2.80. The van der Waals surface area contributed by atoms with Gasteiger partial charge in [-0.15, -0.1) is 0 Å². The third-order valence-corrected chi connectivity index (χ3v) is 4.05. The van der Waals surface area contributed by atoms with Crippen LogP contribution in [0.25, 0.3) is 0 Å². The molecule has 1 saturated heterocycles. The van der Waals surface area contributed by atoms with E-state index in [9.17, 15) is 4.39 Å². The summed E-state index contributed by atoms with van der Waals surface area (Å²) in [5.41, 5.74) is 2.59. The van der Waals surface area contributed by atoms with Crippen molar-refractivity contribution >= 4 is 5.69 Å². The zero-order valence-electron chi connectivity index (χ0n) is 12.4. The lowest BCUT2D eigenvalue weighted by Gasteiger charge is -2.36. The number of nitrogens with zero attached hydrogens (tertiary/aromatic N) is 3. The molecule has 0 N–H and O–H groups in total. The van der Waals surface area contributed by atoms with E-state index in [-0.39, 0.29) is 5.82 Å². The number of halogens is 1. The molecule has 1 heterocycles. The van der Waals surface area contributed by atoms with Gasteiger partial charge in [-0.25, -0.2) is 4.39 Å². The predicted octanol–water partition coefficient (Wildman–Crippen LogP) is 3.02. The van der Waals surface area contributed by atoms with Gasteiger partial charge in [0.25, 0.3) is 0 Å². The Balaban J connectivity index is 1.57. The van der Waals surface area contributed by atoms with Gasteiger partial charge in [-0.3, -0.25) is 4.90 Å². The molecule has 0 bridgehead atoms. The standard InChI is InChI=1S/C18H18FN3/c19-17-3-1-2-4-18(17)22-11-9-21(10-12-22)14-16-7-5-15(13-20)6-8-16/h1-8H,9-12,14H2. The molecule has 3 rings (SSSR count). The van der Waals surface area contributed by atoms with Crippen molar-refractivity contribution in [2.75, 3.05) is 31.1 Å². The molecule has 1 aliphatic heterocycles. The number of para-hydroxylation sites is 1. The van der Waals surface area contributed by atoms with Crippen LogP contribution in [0.3, 0.4) is 0 Å². The molecule has 1 aliphatic rings. The average molecular weight is 295 g/mol. The Bertz CT molecular complexity index is 667. The highest BCUT2D eigenvalue weighted by molar-refractivity contribution is 5.48. The van der Waals surface area contributed by atoms with E-state index < -0.39 is 0 Å². The van der Waals surface area contributed by atoms with Crippen LogP contribution in [0.5, 0.6) is 0 Å². The van der Waals surface area contributed by atoms with Crippen molar-refractivity contribution in [1.29, 1.82) is 5.26 Å². The lowest BCUT2D eigenvalue weighted by Crippen LogP contribution is -2.46. The number of benzene rings is 2. The molecule has 2 aromatic rings. The molecule has 3 nitrogen and oxygen atoms in total. The van der Waals surface area contributed by atoms with Crippen LogP contribution in [0, 0.1) is 17.1 Å². The molecule has 0 aromatic heterocycles. The van der Waals surface area contributed by atoms with Crippen molar-refractivity contribution in [2.24, 2.45) is 0 Å². The minimum absolute atomic E-state index is 0.150. The van der Waals surface area contributed by atoms with Gasteiger partial charge in [0.15, 0.2) is 0 Å². The molecule has 0 atom stereocenters. The molecule has 0 unspecified atom stereocenters. The minimum Gasteiger partial charge on any atom is -0.367 e. The van der Waals surface area contributed by atoms with Crippen molar-refractivity contribution in [3.05, 3.63) is 65.5 Å². The van der Waals surface area contributed by atoms with Gasteiger partial charge in [0.05, 0.1) is 17.3 Å². The van der Waals surface area contributed by atoms with Gasteiger partial charge in [0.2, 0.25) is 0 Å². The van der Waals surface area contributed by atoms with Gasteiger partial charge in [0, 0.05) is 32.7 Å². The van der Waals surface area contributed by atoms with Crippen molar-refractivity contribution in [1.82, 2.24) is 4.90 Å². The smallest absolute Gasteiger partial charge is 0.146 e. The Kier molecular flexibility index (Phi) is 4.36. The second kappa shape index (κ2) is 6.59. The van der Waals surface area contributed by atoms with Crippen molar-refractivity contribution in [2.45, 2.75) is 6.54 Å². The van der Waals surface area contributed by atoms with E-state index in [0.717, 1.165) is 32.7 Å². The summed E-state index contributed by atoms with van der Waals surface area (Å²) in [6.45, 7) is 4.36. The summed E-state index contributed by atoms with van der Waals surface area (Å²) in [4.78, 5) is 4.46. The first-order valence-corrected chi connectivity index (χ1v) is 7.47. The SMILES string of the molecule is N#Cc1ccc(CN2CCN(c3ccccc3F)CC2)cc1. The van der Waals surface area contributed by atoms with Crippen molar-refractivity contribution in [3.8, 4) is 6.07 Å². The molecule has 0 radical (unpaired) electrons. The summed E-state index contributed by atoms with van der Waals surface area (Å²) in [6.07, 6.45) is 0. The predicted molar refractivity (Wildman–Crippen MR) is 85.0 cm³/mol. The first-order chi connectivity index (χ1) is 10.8. The van der Waals surface area contributed by atoms with Crippen LogP contribution in [0.4, 0.5) is 10.1 Å². The Morgan fingerprint density at radius 1 is 0.955 bits per heavy atom. The number of piperazine rings is 1. The van der Waals surface area contributed by atoms with Crippen LogP contribution in [0.2, 0.25) is 0 Å². The Hall–Kier alpha value is -2.38. The summed E-state index contributed by atoms with van der Waals surface area (Å²) in [5, 5.41) is 8.81. The zero-order chi connectivity index (χ0) is 15.4. The first-order valence-electron chi connectivity index (χ1n) is 7.47. The maximum atomic E-state index is 13.8. The van der Waals surface area contributed by atoms with Gasteiger partial charge in [0.1, 0.15) is 5.82 Å². The van der Waals surface area contributed by atoms with Crippen molar-refractivity contribution in [3.63, 3.8) is 0 Å². The van der Waals surface area contributed by atoms with E-state index >= 15 is 0 Å². The molecule has 22 heavy (non-hydrogen) atoms. The van der Waals surface area contributed by atoms with E-state index in [1.165, 1.54) is 11.6 Å². The van der Waals surface area contributed by atoms with E-state index in [2.05, 4.69) is 15.9 Å². The fraction of sp³-hybridized carbons (Fsp3) is 0.278. The zero-order valence-corrected chi connectivity index (χ0v) is 12.4. The number of nitriles is 1. The average Bonchev–Trinajstić information content (AvgIpc) is 2.57. The van der Waals surface area contributed by atoms with Gasteiger partial charge >= 0.3 is 0 Å². The first kappa shape index (κ1) is 14.6. The molecule has 4 heteroatoms. The van der Waals surface area contributed by atoms with Crippen LogP contribution in [0.15, 0.2) is 48.5 Å². The highest BCUT2D eigenvalue weighted by Crippen LogP contribution is 2.20. The lowest BCUT2D eigenvalue weighted by atomic mass is 10.1. The Morgan fingerprint density at radius 2 is 1.64 bits per heavy atom. The highest BCUT2D eigenvalue weighted by Gasteiger charge is 2.19. The number of anilines is 1. The molecule has 1 fully saturated rings. The maximum absolute atomic E-state index is 13.8. The summed E-state index contributed by atoms with van der Waals surface area (Å²) in [6, 6.07) is 16.8. The van der Waals surface area contributed by atoms with Crippen LogP contribution in [-0.4, -0.2) is 31.1 Å². The fourth-order valence-corrected chi connectivity index (χ4v) is 2.80. The second-order valence-electron chi connectivity index (χ2n) is 5.52. The van der Waals surface area contributed by atoms with Gasteiger partial charge < -0.3 is 4.90 Å². The molecule has 2 aromatic carbocycles. The van der Waals surface area contributed by atoms with Crippen LogP contribution in [0.1, 0.15) is 11.1 Å². The largest absolute Gasteiger partial charge is 0.367 e. The third kappa shape index (κ3) is 3.26. The van der Waals surface area contributed by atoms with Crippen LogP contribution < -0.4 is 4.90 Å². The van der Waals surface area contributed by atoms with Crippen LogP contribution >= 0.6 is 0 Å². The second-order valence-corrected chi connectivity index (χ2v) is 5.52. The van der Waals surface area contributed by atoms with Gasteiger partial charge in [-0.1, -0.05) is 24.3 Å². The minimum atomic E-state index is -0.150. The third-order valence-electron chi connectivity index (χ3n) is 4.05. The highest BCUT2D eigenvalue weighted by atomic mass is 19.1. The van der Waals surface area contributed by atoms with Crippen LogP contribution in [-0.2, 0) is 6.54 Å². The number of hydrogen-bond donors (Lipinski definition) is 0. The number of hydrogen-bond acceptors (Lipinski definition) is 3. The lowest BCUT2D eigenvalue weighted by molar-refractivity contribution is 0.249. The molecule has 0 spiro atoms. The molecular formula is C18H18FN3. The Labute approximate surface area is 130 Å². The number of rotatable bonds is 3. The van der Waals surface area contributed by atoms with Gasteiger partial charge in [-0.2, -0.15) is 5.26 Å². The summed E-state index contributed by atoms with van der Waals surface area (Å²) < 4.78 is 13.8. The van der Waals surface area contributed by atoms with E-state index in [1.807, 2.05) is 36.4 Å². The topological polar surface area (TPSA) is 30.3 Å². The summed E-state index contributed by atoms with van der Waals surface area (Å²) in [5.74, 6) is -0.150. The van der Waals surface area contributed by atoms with E-state index in [0.29, 0.717) is 11.3 Å². The molecule has 112 valence electrons. The van der Waals surface area contributed by atoms with E-state index in [4.69, 9.17) is 5.26 Å². The Morgan fingerprint density at radius 3 is 2.27 bits per heavy atom. The van der Waals surface area contributed by atoms with Crippen molar-refractivity contribution < 1.29 is 4.39 Å². The molecule has 0 saturated carbocycles. The quantitative estimate of drug-likeness (QED) is 0.872. The summed E-state index contributed by atoms with van der Waals surface area (Å²) in [7, 11) is 0. The molecule has 0 amide bonds. The monoisotopic (exact) mass is 295 g/mol. The van der Waals surface area contributed by atoms with Gasteiger partial charge in [-0.05, 0) is 29.8 Å². The molecular weight excluding hydrogens is 277 g/mol. The summed E-state index contributed by atoms with van der Waals surface area (Å²) >= 11 is 0. The maximum Gasteiger partial charge on any atom is 0.146 e. The molecule has 0 aliphatic carbocycles. The van der Waals surface area contributed by atoms with E-state index in [1.54, 1.807) is 6.07 Å². The normalized spacial score (nSPS) is 15.5.